The molecule has 0 saturated heterocycles. The zero-order valence-corrected chi connectivity index (χ0v) is 12.9. The van der Waals surface area contributed by atoms with Crippen molar-refractivity contribution in [2.75, 3.05) is 13.1 Å². The summed E-state index contributed by atoms with van der Waals surface area (Å²) in [6, 6.07) is 2.09. The summed E-state index contributed by atoms with van der Waals surface area (Å²) in [4.78, 5) is 14.2. The van der Waals surface area contributed by atoms with Crippen LogP contribution in [0.3, 0.4) is 0 Å². The molecular formula is C15H24N2OS. The molecule has 4 heteroatoms. The number of carbonyl (C=O) groups is 1. The van der Waals surface area contributed by atoms with Crippen molar-refractivity contribution in [3.63, 3.8) is 0 Å². The highest BCUT2D eigenvalue weighted by Crippen LogP contribution is 2.39. The van der Waals surface area contributed by atoms with Gasteiger partial charge in [0.1, 0.15) is 0 Å². The second-order valence-electron chi connectivity index (χ2n) is 6.41. The summed E-state index contributed by atoms with van der Waals surface area (Å²) in [6.07, 6.45) is 3.46. The Morgan fingerprint density at radius 3 is 2.89 bits per heavy atom. The highest BCUT2D eigenvalue weighted by atomic mass is 32.1. The maximum absolute atomic E-state index is 11.9. The molecule has 1 aromatic rings. The molecule has 0 aromatic carbocycles. The number of amides is 1. The molecule has 19 heavy (non-hydrogen) atoms. The molecule has 1 aromatic heterocycles. The van der Waals surface area contributed by atoms with E-state index in [1.54, 1.807) is 11.3 Å². The maximum atomic E-state index is 11.9. The van der Waals surface area contributed by atoms with E-state index in [4.69, 9.17) is 5.73 Å². The molecule has 1 atom stereocenters. The fraction of sp³-hybridized carbons (Fsp3) is 0.667. The van der Waals surface area contributed by atoms with E-state index in [9.17, 15) is 4.79 Å². The van der Waals surface area contributed by atoms with Gasteiger partial charge in [-0.1, -0.05) is 20.8 Å². The first-order chi connectivity index (χ1) is 8.91. The van der Waals surface area contributed by atoms with Gasteiger partial charge in [-0.05, 0) is 42.2 Å². The number of hydrogen-bond acceptors (Lipinski definition) is 3. The van der Waals surface area contributed by atoms with Gasteiger partial charge in [-0.2, -0.15) is 0 Å². The lowest BCUT2D eigenvalue weighted by molar-refractivity contribution is 0.0958. The number of rotatable bonds is 3. The number of thiophene rings is 1. The Hall–Kier alpha value is -0.870. The Balaban J connectivity index is 2.10. The lowest BCUT2D eigenvalue weighted by Gasteiger charge is -2.33. The quantitative estimate of drug-likeness (QED) is 0.894. The van der Waals surface area contributed by atoms with E-state index in [0.717, 1.165) is 23.6 Å². The second-order valence-corrected chi connectivity index (χ2v) is 7.55. The van der Waals surface area contributed by atoms with Crippen LogP contribution in [-0.2, 0) is 12.8 Å². The van der Waals surface area contributed by atoms with Gasteiger partial charge in [-0.3, -0.25) is 4.79 Å². The van der Waals surface area contributed by atoms with Crippen LogP contribution in [0, 0.1) is 11.3 Å². The fourth-order valence-corrected chi connectivity index (χ4v) is 3.77. The van der Waals surface area contributed by atoms with Gasteiger partial charge in [0.05, 0.1) is 4.88 Å². The van der Waals surface area contributed by atoms with Gasteiger partial charge in [0.2, 0.25) is 0 Å². The van der Waals surface area contributed by atoms with Crippen LogP contribution in [0.5, 0.6) is 0 Å². The van der Waals surface area contributed by atoms with Crippen LogP contribution in [0.2, 0.25) is 0 Å². The molecule has 3 nitrogen and oxygen atoms in total. The summed E-state index contributed by atoms with van der Waals surface area (Å²) < 4.78 is 0. The Morgan fingerprint density at radius 1 is 1.53 bits per heavy atom. The van der Waals surface area contributed by atoms with Crippen LogP contribution in [-0.4, -0.2) is 19.0 Å². The van der Waals surface area contributed by atoms with E-state index in [2.05, 4.69) is 32.2 Å². The number of carbonyl (C=O) groups excluding carboxylic acids is 1. The van der Waals surface area contributed by atoms with Crippen LogP contribution in [0.25, 0.3) is 0 Å². The summed E-state index contributed by atoms with van der Waals surface area (Å²) in [5.74, 6) is 0.742. The summed E-state index contributed by atoms with van der Waals surface area (Å²) in [5.41, 5.74) is 7.14. The Morgan fingerprint density at radius 2 is 2.26 bits per heavy atom. The second kappa shape index (κ2) is 5.63. The summed E-state index contributed by atoms with van der Waals surface area (Å²) >= 11 is 1.65. The van der Waals surface area contributed by atoms with Crippen LogP contribution >= 0.6 is 11.3 Å². The standard InChI is InChI=1S/C15H24N2OS/c1-15(2,3)11-4-5-12-10(8-11)9-13(19-12)14(18)17-7-6-16/h9,11H,4-8,16H2,1-3H3,(H,17,18). The first-order valence-corrected chi connectivity index (χ1v) is 7.83. The minimum absolute atomic E-state index is 0.0251. The first kappa shape index (κ1) is 14.5. The summed E-state index contributed by atoms with van der Waals surface area (Å²) in [5, 5.41) is 2.85. The van der Waals surface area contributed by atoms with Crippen molar-refractivity contribution in [2.45, 2.75) is 40.0 Å². The molecule has 1 heterocycles. The van der Waals surface area contributed by atoms with Gasteiger partial charge in [0.25, 0.3) is 5.91 Å². The molecule has 0 aliphatic heterocycles. The van der Waals surface area contributed by atoms with E-state index >= 15 is 0 Å². The lowest BCUT2D eigenvalue weighted by Crippen LogP contribution is -2.28. The van der Waals surface area contributed by atoms with Gasteiger partial charge in [-0.15, -0.1) is 11.3 Å². The molecule has 1 amide bonds. The van der Waals surface area contributed by atoms with Crippen molar-refractivity contribution in [2.24, 2.45) is 17.1 Å². The number of aryl methyl sites for hydroxylation is 1. The highest BCUT2D eigenvalue weighted by molar-refractivity contribution is 7.14. The van der Waals surface area contributed by atoms with Crippen molar-refractivity contribution in [1.82, 2.24) is 5.32 Å². The molecule has 1 aliphatic rings. The lowest BCUT2D eigenvalue weighted by atomic mass is 9.72. The number of nitrogens with one attached hydrogen (secondary N) is 1. The van der Waals surface area contributed by atoms with Crippen LogP contribution < -0.4 is 11.1 Å². The van der Waals surface area contributed by atoms with Crippen molar-refractivity contribution in [3.8, 4) is 0 Å². The smallest absolute Gasteiger partial charge is 0.261 e. The molecule has 0 radical (unpaired) electrons. The van der Waals surface area contributed by atoms with E-state index < -0.39 is 0 Å². The number of fused-ring (bicyclic) bond motifs is 1. The van der Waals surface area contributed by atoms with Crippen LogP contribution in [0.15, 0.2) is 6.07 Å². The number of nitrogens with two attached hydrogens (primary N) is 1. The topological polar surface area (TPSA) is 55.1 Å². The summed E-state index contributed by atoms with van der Waals surface area (Å²) in [7, 11) is 0. The van der Waals surface area contributed by atoms with Gasteiger partial charge in [-0.25, -0.2) is 0 Å². The van der Waals surface area contributed by atoms with Gasteiger partial charge < -0.3 is 11.1 Å². The molecule has 1 aliphatic carbocycles. The van der Waals surface area contributed by atoms with Crippen LogP contribution in [0.4, 0.5) is 0 Å². The Labute approximate surface area is 119 Å². The average Bonchev–Trinajstić information content (AvgIpc) is 2.77. The largest absolute Gasteiger partial charge is 0.350 e. The third-order valence-corrected chi connectivity index (χ3v) is 5.20. The molecule has 3 N–H and O–H groups in total. The minimum atomic E-state index is 0.0251. The summed E-state index contributed by atoms with van der Waals surface area (Å²) in [6.45, 7) is 7.96. The van der Waals surface area contributed by atoms with Crippen molar-refractivity contribution in [3.05, 3.63) is 21.4 Å². The molecule has 106 valence electrons. The average molecular weight is 280 g/mol. The normalized spacial score (nSPS) is 19.1. The van der Waals surface area contributed by atoms with Gasteiger partial charge in [0, 0.05) is 18.0 Å². The molecule has 2 rings (SSSR count). The van der Waals surface area contributed by atoms with Crippen molar-refractivity contribution >= 4 is 17.2 Å². The Bertz CT molecular complexity index is 459. The SMILES string of the molecule is CC(C)(C)C1CCc2sc(C(=O)NCCN)cc2C1. The third kappa shape index (κ3) is 3.37. The minimum Gasteiger partial charge on any atom is -0.350 e. The molecule has 0 saturated carbocycles. The predicted octanol–water partition coefficient (Wildman–Crippen LogP) is 2.59. The first-order valence-electron chi connectivity index (χ1n) is 7.01. The molecule has 1 unspecified atom stereocenters. The maximum Gasteiger partial charge on any atom is 0.261 e. The van der Waals surface area contributed by atoms with E-state index in [1.807, 2.05) is 0 Å². The van der Waals surface area contributed by atoms with Crippen molar-refractivity contribution < 1.29 is 4.79 Å². The Kier molecular flexibility index (Phi) is 4.31. The molecule has 0 spiro atoms. The highest BCUT2D eigenvalue weighted by Gasteiger charge is 2.30. The monoisotopic (exact) mass is 280 g/mol. The number of hydrogen-bond donors (Lipinski definition) is 2. The van der Waals surface area contributed by atoms with Gasteiger partial charge in [0.15, 0.2) is 0 Å². The van der Waals surface area contributed by atoms with E-state index in [-0.39, 0.29) is 5.91 Å². The van der Waals surface area contributed by atoms with Crippen molar-refractivity contribution in [1.29, 1.82) is 0 Å². The fourth-order valence-electron chi connectivity index (χ4n) is 2.65. The van der Waals surface area contributed by atoms with Gasteiger partial charge >= 0.3 is 0 Å². The zero-order chi connectivity index (χ0) is 14.0. The molecular weight excluding hydrogens is 256 g/mol. The zero-order valence-electron chi connectivity index (χ0n) is 12.1. The van der Waals surface area contributed by atoms with Crippen LogP contribution in [0.1, 0.15) is 47.3 Å². The van der Waals surface area contributed by atoms with E-state index in [1.165, 1.54) is 16.9 Å². The molecule has 0 bridgehead atoms. The third-order valence-electron chi connectivity index (χ3n) is 3.96. The molecule has 0 fully saturated rings. The van der Waals surface area contributed by atoms with E-state index in [0.29, 0.717) is 18.5 Å². The predicted molar refractivity (Wildman–Crippen MR) is 80.7 cm³/mol.